The molecule has 2 nitrogen and oxygen atoms in total. The third-order valence-electron chi connectivity index (χ3n) is 3.08. The Bertz CT molecular complexity index is 618. The van der Waals surface area contributed by atoms with Gasteiger partial charge in [0.25, 0.3) is 0 Å². The number of hydrogen-bond donors (Lipinski definition) is 1. The number of carboxylic acid groups (broad SMARTS) is 1. The smallest absolute Gasteiger partial charge is 0.338 e. The molecule has 0 bridgehead atoms. The SMILES string of the molecule is CC(C)c1cccc(-c2ccc(F)c(C(=O)O)c2)c1. The second-order valence-electron chi connectivity index (χ2n) is 4.78. The Balaban J connectivity index is 2.50. The summed E-state index contributed by atoms with van der Waals surface area (Å²) < 4.78 is 13.4. The van der Waals surface area contributed by atoms with Crippen LogP contribution < -0.4 is 0 Å². The first-order chi connectivity index (χ1) is 8.99. The van der Waals surface area contributed by atoms with Gasteiger partial charge in [0.05, 0.1) is 5.56 Å². The average molecular weight is 258 g/mol. The zero-order valence-corrected chi connectivity index (χ0v) is 10.9. The lowest BCUT2D eigenvalue weighted by molar-refractivity contribution is 0.0692. The van der Waals surface area contributed by atoms with Gasteiger partial charge in [-0.25, -0.2) is 9.18 Å². The number of halogens is 1. The van der Waals surface area contributed by atoms with E-state index in [0.29, 0.717) is 11.5 Å². The average Bonchev–Trinajstić information content (AvgIpc) is 2.39. The Hall–Kier alpha value is -2.16. The summed E-state index contributed by atoms with van der Waals surface area (Å²) >= 11 is 0. The maximum atomic E-state index is 13.4. The molecule has 0 fully saturated rings. The van der Waals surface area contributed by atoms with Crippen LogP contribution in [0.3, 0.4) is 0 Å². The number of carbonyl (C=O) groups is 1. The first-order valence-corrected chi connectivity index (χ1v) is 6.12. The van der Waals surface area contributed by atoms with Gasteiger partial charge in [-0.1, -0.05) is 44.2 Å². The van der Waals surface area contributed by atoms with Gasteiger partial charge in [-0.2, -0.15) is 0 Å². The van der Waals surface area contributed by atoms with Crippen LogP contribution in [-0.4, -0.2) is 11.1 Å². The lowest BCUT2D eigenvalue weighted by Crippen LogP contribution is -2.00. The van der Waals surface area contributed by atoms with E-state index in [-0.39, 0.29) is 5.56 Å². The summed E-state index contributed by atoms with van der Waals surface area (Å²) in [5.41, 5.74) is 2.47. The van der Waals surface area contributed by atoms with Gasteiger partial charge in [-0.05, 0) is 34.7 Å². The van der Waals surface area contributed by atoms with Crippen molar-refractivity contribution >= 4 is 5.97 Å². The molecule has 0 saturated carbocycles. The van der Waals surface area contributed by atoms with E-state index in [1.807, 2.05) is 24.3 Å². The summed E-state index contributed by atoms with van der Waals surface area (Å²) in [4.78, 5) is 10.9. The molecule has 19 heavy (non-hydrogen) atoms. The Labute approximate surface area is 111 Å². The Morgan fingerprint density at radius 1 is 1.11 bits per heavy atom. The van der Waals surface area contributed by atoms with Crippen molar-refractivity contribution in [1.29, 1.82) is 0 Å². The number of carboxylic acids is 1. The van der Waals surface area contributed by atoms with E-state index in [2.05, 4.69) is 13.8 Å². The minimum Gasteiger partial charge on any atom is -0.478 e. The highest BCUT2D eigenvalue weighted by Crippen LogP contribution is 2.25. The molecule has 0 heterocycles. The van der Waals surface area contributed by atoms with Gasteiger partial charge in [0.1, 0.15) is 5.82 Å². The molecule has 3 heteroatoms. The molecular weight excluding hydrogens is 243 g/mol. The summed E-state index contributed by atoms with van der Waals surface area (Å²) in [5.74, 6) is -1.57. The summed E-state index contributed by atoms with van der Waals surface area (Å²) in [6.07, 6.45) is 0. The molecule has 2 aromatic rings. The number of benzene rings is 2. The zero-order valence-electron chi connectivity index (χ0n) is 10.9. The Morgan fingerprint density at radius 2 is 1.79 bits per heavy atom. The second-order valence-corrected chi connectivity index (χ2v) is 4.78. The zero-order chi connectivity index (χ0) is 14.0. The summed E-state index contributed by atoms with van der Waals surface area (Å²) in [7, 11) is 0. The molecule has 0 saturated heterocycles. The van der Waals surface area contributed by atoms with E-state index >= 15 is 0 Å². The van der Waals surface area contributed by atoms with Crippen LogP contribution in [-0.2, 0) is 0 Å². The molecule has 98 valence electrons. The van der Waals surface area contributed by atoms with E-state index in [1.165, 1.54) is 17.7 Å². The fourth-order valence-corrected chi connectivity index (χ4v) is 1.95. The monoisotopic (exact) mass is 258 g/mol. The van der Waals surface area contributed by atoms with Crippen LogP contribution in [0.5, 0.6) is 0 Å². The normalized spacial score (nSPS) is 10.7. The van der Waals surface area contributed by atoms with Gasteiger partial charge < -0.3 is 5.11 Å². The summed E-state index contributed by atoms with van der Waals surface area (Å²) in [6, 6.07) is 12.0. The van der Waals surface area contributed by atoms with Crippen LogP contribution in [0.15, 0.2) is 42.5 Å². The predicted molar refractivity (Wildman–Crippen MR) is 72.9 cm³/mol. The maximum absolute atomic E-state index is 13.4. The van der Waals surface area contributed by atoms with Crippen LogP contribution in [0.1, 0.15) is 35.7 Å². The van der Waals surface area contributed by atoms with Crippen LogP contribution in [0.4, 0.5) is 4.39 Å². The van der Waals surface area contributed by atoms with Crippen molar-refractivity contribution in [3.8, 4) is 11.1 Å². The minimum atomic E-state index is -1.25. The van der Waals surface area contributed by atoms with E-state index in [4.69, 9.17) is 5.11 Å². The van der Waals surface area contributed by atoms with Crippen LogP contribution in [0.25, 0.3) is 11.1 Å². The highest BCUT2D eigenvalue weighted by Gasteiger charge is 2.12. The first-order valence-electron chi connectivity index (χ1n) is 6.12. The molecule has 0 aliphatic heterocycles. The molecule has 0 unspecified atom stereocenters. The third kappa shape index (κ3) is 2.81. The molecule has 0 radical (unpaired) electrons. The highest BCUT2D eigenvalue weighted by atomic mass is 19.1. The van der Waals surface area contributed by atoms with Gasteiger partial charge in [-0.3, -0.25) is 0 Å². The Kier molecular flexibility index (Phi) is 3.65. The number of hydrogen-bond acceptors (Lipinski definition) is 1. The molecule has 2 rings (SSSR count). The van der Waals surface area contributed by atoms with Crippen molar-refractivity contribution in [2.75, 3.05) is 0 Å². The molecule has 0 aromatic heterocycles. The standard InChI is InChI=1S/C16H15FO2/c1-10(2)11-4-3-5-12(8-11)13-6-7-15(17)14(9-13)16(18)19/h3-10H,1-2H3,(H,18,19). The molecule has 2 aromatic carbocycles. The quantitative estimate of drug-likeness (QED) is 0.890. The van der Waals surface area contributed by atoms with Crippen LogP contribution in [0.2, 0.25) is 0 Å². The maximum Gasteiger partial charge on any atom is 0.338 e. The van der Waals surface area contributed by atoms with Crippen LogP contribution >= 0.6 is 0 Å². The highest BCUT2D eigenvalue weighted by molar-refractivity contribution is 5.89. The van der Waals surface area contributed by atoms with E-state index in [0.717, 1.165) is 5.56 Å². The molecule has 0 atom stereocenters. The molecule has 0 aliphatic carbocycles. The topological polar surface area (TPSA) is 37.3 Å². The minimum absolute atomic E-state index is 0.299. The molecule has 1 N–H and O–H groups in total. The van der Waals surface area contributed by atoms with E-state index in [1.54, 1.807) is 6.07 Å². The largest absolute Gasteiger partial charge is 0.478 e. The number of rotatable bonds is 3. The van der Waals surface area contributed by atoms with E-state index in [9.17, 15) is 9.18 Å². The van der Waals surface area contributed by atoms with Crippen molar-refractivity contribution in [1.82, 2.24) is 0 Å². The molecule has 0 spiro atoms. The molecule has 0 aliphatic rings. The lowest BCUT2D eigenvalue weighted by atomic mass is 9.96. The van der Waals surface area contributed by atoms with Crippen molar-refractivity contribution < 1.29 is 14.3 Å². The van der Waals surface area contributed by atoms with Gasteiger partial charge in [0.15, 0.2) is 0 Å². The van der Waals surface area contributed by atoms with Gasteiger partial charge in [0, 0.05) is 0 Å². The van der Waals surface area contributed by atoms with Crippen molar-refractivity contribution in [2.24, 2.45) is 0 Å². The predicted octanol–water partition coefficient (Wildman–Crippen LogP) is 4.31. The lowest BCUT2D eigenvalue weighted by Gasteiger charge is -2.09. The fourth-order valence-electron chi connectivity index (χ4n) is 1.95. The molecule has 0 amide bonds. The Morgan fingerprint density at radius 3 is 2.42 bits per heavy atom. The fraction of sp³-hybridized carbons (Fsp3) is 0.188. The first kappa shape index (κ1) is 13.3. The summed E-state index contributed by atoms with van der Waals surface area (Å²) in [6.45, 7) is 4.18. The van der Waals surface area contributed by atoms with Gasteiger partial charge in [0.2, 0.25) is 0 Å². The molecular formula is C16H15FO2. The van der Waals surface area contributed by atoms with Crippen molar-refractivity contribution in [3.63, 3.8) is 0 Å². The van der Waals surface area contributed by atoms with Gasteiger partial charge >= 0.3 is 5.97 Å². The number of aromatic carboxylic acids is 1. The van der Waals surface area contributed by atoms with Gasteiger partial charge in [-0.15, -0.1) is 0 Å². The second kappa shape index (κ2) is 5.22. The third-order valence-corrected chi connectivity index (χ3v) is 3.08. The van der Waals surface area contributed by atoms with Crippen LogP contribution in [0, 0.1) is 5.82 Å². The van der Waals surface area contributed by atoms with E-state index < -0.39 is 11.8 Å². The van der Waals surface area contributed by atoms with Crippen molar-refractivity contribution in [2.45, 2.75) is 19.8 Å². The summed E-state index contributed by atoms with van der Waals surface area (Å²) in [5, 5.41) is 8.94. The van der Waals surface area contributed by atoms with Crippen molar-refractivity contribution in [3.05, 3.63) is 59.4 Å².